The van der Waals surface area contributed by atoms with Gasteiger partial charge in [-0.05, 0) is 43.4 Å². The second kappa shape index (κ2) is 5.05. The maximum atomic E-state index is 11.3. The molecule has 0 radical (unpaired) electrons. The van der Waals surface area contributed by atoms with Gasteiger partial charge in [-0.1, -0.05) is 6.07 Å². The molecule has 1 rings (SSSR count). The Labute approximate surface area is 89.1 Å². The van der Waals surface area contributed by atoms with Gasteiger partial charge in [-0.15, -0.1) is 0 Å². The van der Waals surface area contributed by atoms with E-state index in [9.17, 15) is 4.79 Å². The van der Waals surface area contributed by atoms with E-state index in [2.05, 4.69) is 12.2 Å². The van der Waals surface area contributed by atoms with Crippen LogP contribution in [0.5, 0.6) is 0 Å². The van der Waals surface area contributed by atoms with Gasteiger partial charge < -0.3 is 5.32 Å². The van der Waals surface area contributed by atoms with Crippen LogP contribution in [0.1, 0.15) is 11.1 Å². The second-order valence-corrected chi connectivity index (χ2v) is 4.15. The smallest absolute Gasteiger partial charge is 0.234 e. The number of amides is 1. The average Bonchev–Trinajstić information content (AvgIpc) is 2.12. The van der Waals surface area contributed by atoms with Crippen LogP contribution in [0.15, 0.2) is 18.2 Å². The second-order valence-electron chi connectivity index (χ2n) is 3.28. The number of rotatable bonds is 3. The minimum atomic E-state index is 0.0563. The molecule has 1 N–H and O–H groups in total. The summed E-state index contributed by atoms with van der Waals surface area (Å²) in [5, 5.41) is 2.85. The third-order valence-electron chi connectivity index (χ3n) is 2.07. The number of anilines is 1. The fourth-order valence-corrected chi connectivity index (χ4v) is 1.48. The van der Waals surface area contributed by atoms with Crippen molar-refractivity contribution in [2.45, 2.75) is 13.8 Å². The lowest BCUT2D eigenvalue weighted by atomic mass is 10.1. The lowest BCUT2D eigenvalue weighted by Crippen LogP contribution is -2.13. The van der Waals surface area contributed by atoms with Gasteiger partial charge in [-0.25, -0.2) is 0 Å². The molecule has 2 nitrogen and oxygen atoms in total. The van der Waals surface area contributed by atoms with Crippen LogP contribution in [0, 0.1) is 13.8 Å². The Kier molecular flexibility index (Phi) is 4.01. The van der Waals surface area contributed by atoms with Gasteiger partial charge in [0.05, 0.1) is 5.75 Å². The van der Waals surface area contributed by atoms with Gasteiger partial charge in [-0.3, -0.25) is 4.79 Å². The monoisotopic (exact) mass is 209 g/mol. The molecular weight excluding hydrogens is 194 g/mol. The first-order valence-corrected chi connectivity index (χ1v) is 5.89. The standard InChI is InChI=1S/C11H15NOS/c1-8-4-5-10(6-9(8)2)12-11(13)7-14-3/h4-6H,7H2,1-3H3,(H,12,13). The van der Waals surface area contributed by atoms with Crippen LogP contribution in [0.3, 0.4) is 0 Å². The fourth-order valence-electron chi connectivity index (χ4n) is 1.15. The Morgan fingerprint density at radius 3 is 2.64 bits per heavy atom. The Bertz CT molecular complexity index is 336. The molecule has 0 saturated carbocycles. The van der Waals surface area contributed by atoms with Gasteiger partial charge in [0.15, 0.2) is 0 Å². The molecule has 0 spiro atoms. The van der Waals surface area contributed by atoms with E-state index in [0.717, 1.165) is 5.69 Å². The molecule has 1 aromatic rings. The minimum Gasteiger partial charge on any atom is -0.325 e. The summed E-state index contributed by atoms with van der Waals surface area (Å²) in [5.41, 5.74) is 3.33. The van der Waals surface area contributed by atoms with Gasteiger partial charge in [-0.2, -0.15) is 11.8 Å². The summed E-state index contributed by atoms with van der Waals surface area (Å²) in [5.74, 6) is 0.563. The third-order valence-corrected chi connectivity index (χ3v) is 2.62. The molecule has 0 atom stereocenters. The maximum absolute atomic E-state index is 11.3. The Hall–Kier alpha value is -0.960. The molecule has 0 unspecified atom stereocenters. The predicted octanol–water partition coefficient (Wildman–Crippen LogP) is 2.60. The van der Waals surface area contributed by atoms with Crippen LogP contribution < -0.4 is 5.32 Å². The zero-order valence-electron chi connectivity index (χ0n) is 8.76. The van der Waals surface area contributed by atoms with E-state index in [1.54, 1.807) is 0 Å². The van der Waals surface area contributed by atoms with Crippen molar-refractivity contribution >= 4 is 23.4 Å². The molecule has 0 aromatic heterocycles. The van der Waals surface area contributed by atoms with Crippen molar-refractivity contribution in [3.8, 4) is 0 Å². The SMILES string of the molecule is CSCC(=O)Nc1ccc(C)c(C)c1. The number of hydrogen-bond donors (Lipinski definition) is 1. The summed E-state index contributed by atoms with van der Waals surface area (Å²) < 4.78 is 0. The number of nitrogens with one attached hydrogen (secondary N) is 1. The topological polar surface area (TPSA) is 29.1 Å². The predicted molar refractivity (Wildman–Crippen MR) is 62.9 cm³/mol. The average molecular weight is 209 g/mol. The Morgan fingerprint density at radius 2 is 2.07 bits per heavy atom. The van der Waals surface area contributed by atoms with Crippen LogP contribution >= 0.6 is 11.8 Å². The normalized spacial score (nSPS) is 9.93. The van der Waals surface area contributed by atoms with Gasteiger partial charge in [0, 0.05) is 5.69 Å². The lowest BCUT2D eigenvalue weighted by Gasteiger charge is -2.06. The summed E-state index contributed by atoms with van der Waals surface area (Å²) >= 11 is 1.52. The molecule has 3 heteroatoms. The van der Waals surface area contributed by atoms with E-state index in [0.29, 0.717) is 5.75 Å². The number of thioether (sulfide) groups is 1. The van der Waals surface area contributed by atoms with E-state index in [4.69, 9.17) is 0 Å². The summed E-state index contributed by atoms with van der Waals surface area (Å²) in [6.45, 7) is 4.10. The summed E-state index contributed by atoms with van der Waals surface area (Å²) in [6.07, 6.45) is 1.92. The Balaban J connectivity index is 2.68. The molecule has 0 aliphatic rings. The number of carbonyl (C=O) groups excluding carboxylic acids is 1. The van der Waals surface area contributed by atoms with Gasteiger partial charge in [0.2, 0.25) is 5.91 Å². The number of aryl methyl sites for hydroxylation is 2. The van der Waals surface area contributed by atoms with Gasteiger partial charge >= 0.3 is 0 Å². The van der Waals surface area contributed by atoms with Gasteiger partial charge in [0.1, 0.15) is 0 Å². The first-order valence-electron chi connectivity index (χ1n) is 4.49. The highest BCUT2D eigenvalue weighted by Gasteiger charge is 2.01. The van der Waals surface area contributed by atoms with Crippen molar-refractivity contribution < 1.29 is 4.79 Å². The van der Waals surface area contributed by atoms with Crippen molar-refractivity contribution in [1.29, 1.82) is 0 Å². The molecular formula is C11H15NOS. The number of hydrogen-bond acceptors (Lipinski definition) is 2. The fraction of sp³-hybridized carbons (Fsp3) is 0.364. The summed E-state index contributed by atoms with van der Waals surface area (Å²) in [6, 6.07) is 5.94. The molecule has 0 aliphatic heterocycles. The Morgan fingerprint density at radius 1 is 1.36 bits per heavy atom. The van der Waals surface area contributed by atoms with Crippen molar-refractivity contribution in [2.24, 2.45) is 0 Å². The van der Waals surface area contributed by atoms with Crippen LogP contribution in [0.4, 0.5) is 5.69 Å². The van der Waals surface area contributed by atoms with Crippen molar-refractivity contribution in [2.75, 3.05) is 17.3 Å². The van der Waals surface area contributed by atoms with E-state index < -0.39 is 0 Å². The maximum Gasteiger partial charge on any atom is 0.234 e. The molecule has 0 fully saturated rings. The third kappa shape index (κ3) is 3.07. The number of benzene rings is 1. The molecule has 1 amide bonds. The first kappa shape index (κ1) is 11.1. The van der Waals surface area contributed by atoms with Crippen LogP contribution in [-0.2, 0) is 4.79 Å². The molecule has 0 bridgehead atoms. The van der Waals surface area contributed by atoms with Crippen molar-refractivity contribution in [3.05, 3.63) is 29.3 Å². The first-order chi connectivity index (χ1) is 6.63. The molecule has 0 aliphatic carbocycles. The highest BCUT2D eigenvalue weighted by atomic mass is 32.2. The highest BCUT2D eigenvalue weighted by molar-refractivity contribution is 7.99. The van der Waals surface area contributed by atoms with E-state index >= 15 is 0 Å². The highest BCUT2D eigenvalue weighted by Crippen LogP contribution is 2.14. The zero-order valence-corrected chi connectivity index (χ0v) is 9.57. The lowest BCUT2D eigenvalue weighted by molar-refractivity contribution is -0.113. The molecule has 14 heavy (non-hydrogen) atoms. The zero-order chi connectivity index (χ0) is 10.6. The van der Waals surface area contributed by atoms with Crippen LogP contribution in [-0.4, -0.2) is 17.9 Å². The van der Waals surface area contributed by atoms with Crippen molar-refractivity contribution in [3.63, 3.8) is 0 Å². The molecule has 1 aromatic carbocycles. The summed E-state index contributed by atoms with van der Waals surface area (Å²) in [7, 11) is 0. The number of carbonyl (C=O) groups is 1. The molecule has 0 saturated heterocycles. The van der Waals surface area contributed by atoms with Crippen LogP contribution in [0.2, 0.25) is 0 Å². The molecule has 0 heterocycles. The van der Waals surface area contributed by atoms with E-state index in [1.807, 2.05) is 31.4 Å². The quantitative estimate of drug-likeness (QED) is 0.829. The van der Waals surface area contributed by atoms with E-state index in [1.165, 1.54) is 22.9 Å². The van der Waals surface area contributed by atoms with Crippen LogP contribution in [0.25, 0.3) is 0 Å². The summed E-state index contributed by atoms with van der Waals surface area (Å²) in [4.78, 5) is 11.3. The van der Waals surface area contributed by atoms with Gasteiger partial charge in [0.25, 0.3) is 0 Å². The molecule has 76 valence electrons. The van der Waals surface area contributed by atoms with E-state index in [-0.39, 0.29) is 5.91 Å². The minimum absolute atomic E-state index is 0.0563. The largest absolute Gasteiger partial charge is 0.325 e. The van der Waals surface area contributed by atoms with Crippen molar-refractivity contribution in [1.82, 2.24) is 0 Å².